The highest BCUT2D eigenvalue weighted by Gasteiger charge is 2.40. The van der Waals surface area contributed by atoms with Gasteiger partial charge in [-0.25, -0.2) is 4.79 Å². The average molecular weight is 333 g/mol. The first-order valence-corrected chi connectivity index (χ1v) is 10.9. The van der Waals surface area contributed by atoms with Crippen molar-refractivity contribution < 1.29 is 23.4 Å². The lowest BCUT2D eigenvalue weighted by Gasteiger charge is -2.40. The maximum absolute atomic E-state index is 11.7. The highest BCUT2D eigenvalue weighted by atomic mass is 28.4. The topological polar surface area (TPSA) is 54.0 Å². The van der Waals surface area contributed by atoms with E-state index in [0.29, 0.717) is 13.0 Å². The van der Waals surface area contributed by atoms with E-state index in [0.717, 1.165) is 6.42 Å². The van der Waals surface area contributed by atoms with Gasteiger partial charge in [0.1, 0.15) is 0 Å². The van der Waals surface area contributed by atoms with Crippen molar-refractivity contribution in [2.75, 3.05) is 13.7 Å². The summed E-state index contributed by atoms with van der Waals surface area (Å²) in [7, 11) is -0.371. The summed E-state index contributed by atoms with van der Waals surface area (Å²) < 4.78 is 22.5. The van der Waals surface area contributed by atoms with Gasteiger partial charge in [-0.1, -0.05) is 20.8 Å². The monoisotopic (exact) mass is 332 g/mol. The second-order valence-corrected chi connectivity index (χ2v) is 12.7. The molecule has 0 bridgehead atoms. The van der Waals surface area contributed by atoms with Gasteiger partial charge < -0.3 is 18.6 Å². The first-order valence-electron chi connectivity index (χ1n) is 7.95. The van der Waals surface area contributed by atoms with Crippen LogP contribution in [0.15, 0.2) is 0 Å². The Balaban J connectivity index is 2.56. The molecule has 1 rings (SSSR count). The molecule has 0 spiro atoms. The minimum Gasteiger partial charge on any atom is -0.467 e. The lowest BCUT2D eigenvalue weighted by molar-refractivity contribution is -0.298. The molecule has 0 aromatic rings. The van der Waals surface area contributed by atoms with E-state index in [1.54, 1.807) is 0 Å². The van der Waals surface area contributed by atoms with Crippen LogP contribution in [-0.2, 0) is 23.4 Å². The summed E-state index contributed by atoms with van der Waals surface area (Å²) in [4.78, 5) is 11.7. The summed E-state index contributed by atoms with van der Waals surface area (Å²) in [6, 6.07) is 0. The molecule has 1 heterocycles. The van der Waals surface area contributed by atoms with E-state index in [-0.39, 0.29) is 17.1 Å². The van der Waals surface area contributed by atoms with Crippen LogP contribution in [0.2, 0.25) is 18.1 Å². The molecule has 1 aliphatic heterocycles. The Hall–Kier alpha value is -0.433. The molecule has 130 valence electrons. The summed E-state index contributed by atoms with van der Waals surface area (Å²) in [5.41, 5.74) is 0. The van der Waals surface area contributed by atoms with Gasteiger partial charge in [0.25, 0.3) is 0 Å². The van der Waals surface area contributed by atoms with Crippen molar-refractivity contribution in [3.63, 3.8) is 0 Å². The molecule has 0 aliphatic carbocycles. The van der Waals surface area contributed by atoms with Crippen LogP contribution in [0, 0.1) is 0 Å². The van der Waals surface area contributed by atoms with Crippen LogP contribution in [0.4, 0.5) is 0 Å². The minimum absolute atomic E-state index is 0.0578. The van der Waals surface area contributed by atoms with Crippen LogP contribution < -0.4 is 0 Å². The normalized spacial score (nSPS) is 25.8. The summed E-state index contributed by atoms with van der Waals surface area (Å²) in [5.74, 6) is -1.12. The predicted molar refractivity (Wildman–Crippen MR) is 88.2 cm³/mol. The van der Waals surface area contributed by atoms with E-state index in [1.807, 2.05) is 13.8 Å². The van der Waals surface area contributed by atoms with Crippen molar-refractivity contribution in [3.8, 4) is 0 Å². The number of carbonyl (C=O) groups excluding carboxylic acids is 1. The van der Waals surface area contributed by atoms with Gasteiger partial charge in [0.05, 0.1) is 13.2 Å². The fourth-order valence-electron chi connectivity index (χ4n) is 2.22. The molecule has 0 saturated carbocycles. The SMILES string of the molecule is COC(=O)[C@H]1C[C@@H](CCO[Si](C)(C)C(C)(C)C)OC(C)(C)O1. The second-order valence-electron chi connectivity index (χ2n) is 7.90. The third-order valence-electron chi connectivity index (χ3n) is 4.53. The van der Waals surface area contributed by atoms with Crippen LogP contribution in [0.3, 0.4) is 0 Å². The average Bonchev–Trinajstić information content (AvgIpc) is 2.34. The fraction of sp³-hybridized carbons (Fsp3) is 0.938. The predicted octanol–water partition coefficient (Wildman–Crippen LogP) is 3.48. The molecule has 0 aromatic heterocycles. The molecular weight excluding hydrogens is 300 g/mol. The molecule has 0 amide bonds. The number of rotatable bonds is 5. The highest BCUT2D eigenvalue weighted by Crippen LogP contribution is 2.37. The van der Waals surface area contributed by atoms with Crippen molar-refractivity contribution in [1.29, 1.82) is 0 Å². The molecule has 6 heteroatoms. The van der Waals surface area contributed by atoms with Crippen LogP contribution >= 0.6 is 0 Å². The zero-order valence-electron chi connectivity index (χ0n) is 15.3. The Bertz CT molecular complexity index is 386. The van der Waals surface area contributed by atoms with Gasteiger partial charge in [0.2, 0.25) is 0 Å². The van der Waals surface area contributed by atoms with E-state index in [1.165, 1.54) is 7.11 Å². The summed E-state index contributed by atoms with van der Waals surface area (Å²) in [5, 5.41) is 0.192. The molecule has 5 nitrogen and oxygen atoms in total. The minimum atomic E-state index is -1.75. The number of hydrogen-bond acceptors (Lipinski definition) is 5. The Kier molecular flexibility index (Phi) is 6.23. The third-order valence-corrected chi connectivity index (χ3v) is 9.06. The Morgan fingerprint density at radius 2 is 1.86 bits per heavy atom. The first-order chi connectivity index (χ1) is 9.88. The molecule has 1 aliphatic rings. The van der Waals surface area contributed by atoms with Gasteiger partial charge in [-0.05, 0) is 38.4 Å². The van der Waals surface area contributed by atoms with Crippen LogP contribution in [0.1, 0.15) is 47.5 Å². The molecule has 0 aromatic carbocycles. The second kappa shape index (κ2) is 6.99. The zero-order valence-corrected chi connectivity index (χ0v) is 16.3. The van der Waals surface area contributed by atoms with Crippen molar-refractivity contribution in [1.82, 2.24) is 0 Å². The zero-order chi connectivity index (χ0) is 17.2. The van der Waals surface area contributed by atoms with Crippen LogP contribution in [-0.4, -0.2) is 46.0 Å². The van der Waals surface area contributed by atoms with E-state index >= 15 is 0 Å². The van der Waals surface area contributed by atoms with Gasteiger partial charge in [0.15, 0.2) is 20.2 Å². The molecule has 22 heavy (non-hydrogen) atoms. The van der Waals surface area contributed by atoms with Gasteiger partial charge in [-0.15, -0.1) is 0 Å². The Morgan fingerprint density at radius 3 is 2.36 bits per heavy atom. The van der Waals surface area contributed by atoms with Crippen molar-refractivity contribution >= 4 is 14.3 Å². The van der Waals surface area contributed by atoms with Gasteiger partial charge >= 0.3 is 5.97 Å². The number of carbonyl (C=O) groups is 1. The smallest absolute Gasteiger partial charge is 0.335 e. The van der Waals surface area contributed by atoms with E-state index in [2.05, 4.69) is 33.9 Å². The maximum atomic E-state index is 11.7. The molecule has 2 atom stereocenters. The number of ether oxygens (including phenoxy) is 3. The summed E-state index contributed by atoms with van der Waals surface area (Å²) in [6.07, 6.45) is 0.647. The lowest BCUT2D eigenvalue weighted by Crippen LogP contribution is -2.48. The Labute approximate surface area is 135 Å². The molecule has 1 saturated heterocycles. The van der Waals surface area contributed by atoms with Crippen molar-refractivity contribution in [2.45, 2.75) is 83.6 Å². The van der Waals surface area contributed by atoms with Crippen molar-refractivity contribution in [3.05, 3.63) is 0 Å². The molecule has 1 fully saturated rings. The molecular formula is C16H32O5Si. The Morgan fingerprint density at radius 1 is 1.27 bits per heavy atom. The van der Waals surface area contributed by atoms with Crippen LogP contribution in [0.25, 0.3) is 0 Å². The summed E-state index contributed by atoms with van der Waals surface area (Å²) in [6.45, 7) is 15.4. The van der Waals surface area contributed by atoms with E-state index in [4.69, 9.17) is 18.6 Å². The van der Waals surface area contributed by atoms with E-state index in [9.17, 15) is 4.79 Å². The summed E-state index contributed by atoms with van der Waals surface area (Å²) >= 11 is 0. The number of hydrogen-bond donors (Lipinski definition) is 0. The van der Waals surface area contributed by atoms with E-state index < -0.39 is 20.2 Å². The maximum Gasteiger partial charge on any atom is 0.335 e. The quantitative estimate of drug-likeness (QED) is 0.570. The lowest BCUT2D eigenvalue weighted by atomic mass is 10.1. The largest absolute Gasteiger partial charge is 0.467 e. The van der Waals surface area contributed by atoms with Gasteiger partial charge in [-0.2, -0.15) is 0 Å². The number of methoxy groups -OCH3 is 1. The van der Waals surface area contributed by atoms with Gasteiger partial charge in [0, 0.05) is 13.0 Å². The molecule has 0 radical (unpaired) electrons. The standard InChI is InChI=1S/C16H32O5Si/c1-15(2,3)22(7,8)19-10-9-12-11-13(14(17)18-6)21-16(4,5)20-12/h12-13H,9-11H2,1-8H3/t12-,13-/m1/s1. The first kappa shape index (κ1) is 19.6. The van der Waals surface area contributed by atoms with Crippen molar-refractivity contribution in [2.24, 2.45) is 0 Å². The van der Waals surface area contributed by atoms with Gasteiger partial charge in [-0.3, -0.25) is 0 Å². The third kappa shape index (κ3) is 5.33. The van der Waals surface area contributed by atoms with Crippen LogP contribution in [0.5, 0.6) is 0 Å². The highest BCUT2D eigenvalue weighted by molar-refractivity contribution is 6.74. The fourth-order valence-corrected chi connectivity index (χ4v) is 3.28. The molecule has 0 unspecified atom stereocenters. The molecule has 0 N–H and O–H groups in total. The number of esters is 1.